The van der Waals surface area contributed by atoms with Gasteiger partial charge in [-0.2, -0.15) is 0 Å². The fourth-order valence-corrected chi connectivity index (χ4v) is 4.61. The van der Waals surface area contributed by atoms with E-state index in [1.54, 1.807) is 23.1 Å². The van der Waals surface area contributed by atoms with Gasteiger partial charge >= 0.3 is 0 Å². The van der Waals surface area contributed by atoms with Crippen molar-refractivity contribution in [2.75, 3.05) is 33.8 Å². The Morgan fingerprint density at radius 3 is 2.65 bits per heavy atom. The van der Waals surface area contributed by atoms with Crippen LogP contribution in [0.5, 0.6) is 5.75 Å². The third-order valence-corrected chi connectivity index (χ3v) is 6.36. The molecule has 4 rings (SSSR count). The number of aromatic amines is 1. The van der Waals surface area contributed by atoms with Crippen molar-refractivity contribution >= 4 is 40.0 Å². The van der Waals surface area contributed by atoms with Crippen LogP contribution in [0.2, 0.25) is 5.02 Å². The smallest absolute Gasteiger partial charge is 0.295 e. The Hall–Kier alpha value is -3.29. The van der Waals surface area contributed by atoms with Crippen LogP contribution in [0.1, 0.15) is 29.8 Å². The number of rotatable bonds is 7. The molecule has 1 unspecified atom stereocenters. The summed E-state index contributed by atoms with van der Waals surface area (Å²) in [4.78, 5) is 33.4. The lowest BCUT2D eigenvalue weighted by Crippen LogP contribution is -2.35. The van der Waals surface area contributed by atoms with E-state index in [2.05, 4.69) is 4.98 Å². The molecule has 34 heavy (non-hydrogen) atoms. The number of nitrogens with one attached hydrogen (secondary N) is 1. The number of aromatic nitrogens is 1. The first-order chi connectivity index (χ1) is 16.2. The number of H-pyrrole nitrogens is 1. The van der Waals surface area contributed by atoms with E-state index in [0.29, 0.717) is 36.0 Å². The highest BCUT2D eigenvalue weighted by Crippen LogP contribution is 2.43. The van der Waals surface area contributed by atoms with Crippen molar-refractivity contribution in [1.29, 1.82) is 0 Å². The Morgan fingerprint density at radius 1 is 1.21 bits per heavy atom. The number of likely N-dealkylation sites (tertiary alicyclic amines) is 1. The van der Waals surface area contributed by atoms with Gasteiger partial charge in [0, 0.05) is 40.8 Å². The van der Waals surface area contributed by atoms with Crippen LogP contribution >= 0.6 is 11.6 Å². The maximum atomic E-state index is 13.3. The van der Waals surface area contributed by atoms with Gasteiger partial charge in [0.05, 0.1) is 23.2 Å². The molecule has 0 aliphatic carbocycles. The molecular weight excluding hydrogens is 454 g/mol. The first-order valence-corrected chi connectivity index (χ1v) is 11.6. The van der Waals surface area contributed by atoms with Crippen LogP contribution in [0.15, 0.2) is 48.0 Å². The summed E-state index contributed by atoms with van der Waals surface area (Å²) in [5.41, 5.74) is 2.95. The predicted molar refractivity (Wildman–Crippen MR) is 133 cm³/mol. The number of benzene rings is 2. The van der Waals surface area contributed by atoms with Crippen LogP contribution in [0, 0.1) is 6.92 Å². The summed E-state index contributed by atoms with van der Waals surface area (Å²) < 4.78 is 5.56. The number of amides is 1. The number of ether oxygens (including phenoxy) is 1. The van der Waals surface area contributed by atoms with Gasteiger partial charge in [0.2, 0.25) is 0 Å². The number of carbonyl (C=O) groups excluding carboxylic acids is 2. The first-order valence-electron chi connectivity index (χ1n) is 11.2. The highest BCUT2D eigenvalue weighted by atomic mass is 35.5. The van der Waals surface area contributed by atoms with Gasteiger partial charge in [0.1, 0.15) is 11.5 Å². The second kappa shape index (κ2) is 9.52. The molecule has 2 aromatic carbocycles. The maximum Gasteiger partial charge on any atom is 0.295 e. The largest absolute Gasteiger partial charge is 0.507 e. The fourth-order valence-electron chi connectivity index (χ4n) is 4.44. The molecule has 1 aliphatic rings. The van der Waals surface area contributed by atoms with Crippen molar-refractivity contribution in [3.8, 4) is 5.75 Å². The van der Waals surface area contributed by atoms with Gasteiger partial charge in [-0.05, 0) is 52.2 Å². The lowest BCUT2D eigenvalue weighted by atomic mass is 9.93. The minimum absolute atomic E-state index is 0.0568. The summed E-state index contributed by atoms with van der Waals surface area (Å²) >= 11 is 6.22. The number of fused-ring (bicyclic) bond motifs is 1. The van der Waals surface area contributed by atoms with E-state index >= 15 is 0 Å². The molecule has 1 amide bonds. The Balaban J connectivity index is 1.94. The zero-order valence-electron chi connectivity index (χ0n) is 19.7. The van der Waals surface area contributed by atoms with Gasteiger partial charge in [0.15, 0.2) is 0 Å². The van der Waals surface area contributed by atoms with E-state index in [1.807, 2.05) is 57.1 Å². The minimum Gasteiger partial charge on any atom is -0.507 e. The third kappa shape index (κ3) is 4.17. The van der Waals surface area contributed by atoms with Crippen LogP contribution < -0.4 is 4.74 Å². The molecule has 7 nitrogen and oxygen atoms in total. The molecule has 1 atom stereocenters. The first kappa shape index (κ1) is 23.9. The van der Waals surface area contributed by atoms with Gasteiger partial charge in [-0.1, -0.05) is 29.8 Å². The van der Waals surface area contributed by atoms with Gasteiger partial charge in [0.25, 0.3) is 11.7 Å². The second-order valence-corrected chi connectivity index (χ2v) is 8.99. The minimum atomic E-state index is -0.734. The van der Waals surface area contributed by atoms with E-state index in [9.17, 15) is 14.7 Å². The molecule has 1 saturated heterocycles. The summed E-state index contributed by atoms with van der Waals surface area (Å²) in [5.74, 6) is -1.19. The SMILES string of the molecule is CCOc1cc(/C(O)=C2\C(=O)C(=O)N(CCN(C)C)C2c2c(C)[nH]c3ccccc23)ccc1Cl. The van der Waals surface area contributed by atoms with E-state index in [0.717, 1.165) is 22.2 Å². The molecule has 3 aromatic rings. The highest BCUT2D eigenvalue weighted by molar-refractivity contribution is 6.46. The van der Waals surface area contributed by atoms with Crippen molar-refractivity contribution in [3.05, 3.63) is 69.9 Å². The van der Waals surface area contributed by atoms with Gasteiger partial charge in [-0.15, -0.1) is 0 Å². The molecule has 1 aliphatic heterocycles. The number of carbonyl (C=O) groups is 2. The van der Waals surface area contributed by atoms with Crippen molar-refractivity contribution in [3.63, 3.8) is 0 Å². The molecule has 1 aromatic heterocycles. The molecule has 178 valence electrons. The highest BCUT2D eigenvalue weighted by Gasteiger charge is 2.47. The molecule has 0 spiro atoms. The molecule has 1 fully saturated rings. The topological polar surface area (TPSA) is 85.9 Å². The predicted octanol–water partition coefficient (Wildman–Crippen LogP) is 4.51. The third-order valence-electron chi connectivity index (χ3n) is 6.05. The van der Waals surface area contributed by atoms with Gasteiger partial charge in [-0.25, -0.2) is 0 Å². The van der Waals surface area contributed by atoms with E-state index in [-0.39, 0.29) is 11.3 Å². The van der Waals surface area contributed by atoms with Crippen LogP contribution in [0.3, 0.4) is 0 Å². The molecule has 2 heterocycles. The van der Waals surface area contributed by atoms with Crippen molar-refractivity contribution in [2.45, 2.75) is 19.9 Å². The summed E-state index contributed by atoms with van der Waals surface area (Å²) in [6.45, 7) is 5.05. The average Bonchev–Trinajstić information content (AvgIpc) is 3.25. The number of halogens is 1. The molecule has 0 radical (unpaired) electrons. The number of para-hydroxylation sites is 1. The number of ketones is 1. The van der Waals surface area contributed by atoms with Gasteiger partial charge in [-0.3, -0.25) is 9.59 Å². The number of aryl methyl sites for hydroxylation is 1. The standard InChI is InChI=1S/C26H28ClN3O4/c1-5-34-20-14-16(10-11-18(20)27)24(31)22-23(30(13-12-29(3)4)26(33)25(22)32)21-15(2)28-19-9-7-6-8-17(19)21/h6-11,14,23,28,31H,5,12-13H2,1-4H3/b24-22+. The quantitative estimate of drug-likeness (QED) is 0.294. The van der Waals surface area contributed by atoms with Crippen LogP contribution in [-0.4, -0.2) is 65.4 Å². The Kier molecular flexibility index (Phi) is 6.68. The van der Waals surface area contributed by atoms with Crippen LogP contribution in [0.4, 0.5) is 0 Å². The molecular formula is C26H28ClN3O4. The number of hydrogen-bond donors (Lipinski definition) is 2. The van der Waals surface area contributed by atoms with Crippen LogP contribution in [-0.2, 0) is 9.59 Å². The zero-order chi connectivity index (χ0) is 24.6. The molecule has 2 N–H and O–H groups in total. The number of Topliss-reactive ketones (excluding diaryl/α,β-unsaturated/α-hetero) is 1. The molecule has 0 bridgehead atoms. The fraction of sp³-hybridized carbons (Fsp3) is 0.308. The zero-order valence-corrected chi connectivity index (χ0v) is 20.4. The van der Waals surface area contributed by atoms with E-state index in [1.165, 1.54) is 0 Å². The summed E-state index contributed by atoms with van der Waals surface area (Å²) in [7, 11) is 3.82. The number of nitrogens with zero attached hydrogens (tertiary/aromatic N) is 2. The van der Waals surface area contributed by atoms with E-state index in [4.69, 9.17) is 16.3 Å². The van der Waals surface area contributed by atoms with Gasteiger partial charge < -0.3 is 24.6 Å². The van der Waals surface area contributed by atoms with Crippen molar-refractivity contribution in [1.82, 2.24) is 14.8 Å². The summed E-state index contributed by atoms with van der Waals surface area (Å²) in [6, 6.07) is 11.8. The molecule has 0 saturated carbocycles. The number of likely N-dealkylation sites (N-methyl/N-ethyl adjacent to an activating group) is 1. The van der Waals surface area contributed by atoms with Crippen LogP contribution in [0.25, 0.3) is 16.7 Å². The monoisotopic (exact) mass is 481 g/mol. The number of hydrogen-bond acceptors (Lipinski definition) is 5. The Bertz CT molecular complexity index is 1290. The van der Waals surface area contributed by atoms with Crippen molar-refractivity contribution in [2.24, 2.45) is 0 Å². The normalized spacial score (nSPS) is 17.8. The number of aliphatic hydroxyl groups is 1. The lowest BCUT2D eigenvalue weighted by molar-refractivity contribution is -0.140. The van der Waals surface area contributed by atoms with Crippen molar-refractivity contribution < 1.29 is 19.4 Å². The average molecular weight is 482 g/mol. The summed E-state index contributed by atoms with van der Waals surface area (Å²) in [6.07, 6.45) is 0. The summed E-state index contributed by atoms with van der Waals surface area (Å²) in [5, 5.41) is 12.7. The lowest BCUT2D eigenvalue weighted by Gasteiger charge is -2.27. The molecule has 8 heteroatoms. The Labute approximate surface area is 203 Å². The number of aliphatic hydroxyl groups excluding tert-OH is 1. The van der Waals surface area contributed by atoms with E-state index < -0.39 is 17.7 Å². The maximum absolute atomic E-state index is 13.3. The second-order valence-electron chi connectivity index (χ2n) is 8.58. The Morgan fingerprint density at radius 2 is 1.94 bits per heavy atom.